The molecule has 1 aliphatic heterocycles. The lowest BCUT2D eigenvalue weighted by Crippen LogP contribution is -2.49. The quantitative estimate of drug-likeness (QED) is 0.484. The summed E-state index contributed by atoms with van der Waals surface area (Å²) in [5, 5.41) is 11.1. The number of Topliss-reactive ketones (excluding diaryl/α,β-unsaturated/α-hetero) is 1. The fourth-order valence-corrected chi connectivity index (χ4v) is 4.46. The largest absolute Gasteiger partial charge is 0.508 e. The van der Waals surface area contributed by atoms with Crippen molar-refractivity contribution in [2.75, 3.05) is 0 Å². The minimum atomic E-state index is -3.02. The molecule has 1 heterocycles. The number of hydrogen-bond donors (Lipinski definition) is 1. The minimum Gasteiger partial charge on any atom is -0.508 e. The standard InChI is InChI=1S/C26H27ClF2O4/c1-24(2)22(30)21(23(31)25(3,4)33-24)18-13-16(9-10-17(18)14-6-7-14)32-20-11-8-15(12-19(20)27)26(5,28)29/h8-14,30H,6-7H2,1-5H3. The predicted octanol–water partition coefficient (Wildman–Crippen LogP) is 7.55. The van der Waals surface area contributed by atoms with Gasteiger partial charge < -0.3 is 14.6 Å². The van der Waals surface area contributed by atoms with Crippen LogP contribution < -0.4 is 4.74 Å². The van der Waals surface area contributed by atoms with Gasteiger partial charge in [-0.1, -0.05) is 17.7 Å². The number of ketones is 1. The molecule has 33 heavy (non-hydrogen) atoms. The first-order valence-corrected chi connectivity index (χ1v) is 11.3. The second-order valence-corrected chi connectivity index (χ2v) is 10.2. The minimum absolute atomic E-state index is 0.0494. The third kappa shape index (κ3) is 4.51. The molecule has 176 valence electrons. The molecular weight excluding hydrogens is 450 g/mol. The maximum Gasteiger partial charge on any atom is 0.270 e. The van der Waals surface area contributed by atoms with Gasteiger partial charge in [0.15, 0.2) is 5.78 Å². The molecule has 0 unspecified atom stereocenters. The molecule has 0 bridgehead atoms. The molecule has 1 N–H and O–H groups in total. The van der Waals surface area contributed by atoms with Gasteiger partial charge in [-0.25, -0.2) is 8.78 Å². The van der Waals surface area contributed by atoms with E-state index in [1.165, 1.54) is 18.2 Å². The normalized spacial score (nSPS) is 20.2. The maximum atomic E-state index is 13.6. The lowest BCUT2D eigenvalue weighted by atomic mass is 9.81. The molecule has 2 aromatic carbocycles. The first kappa shape index (κ1) is 23.7. The van der Waals surface area contributed by atoms with Crippen molar-refractivity contribution in [2.45, 2.75) is 70.5 Å². The van der Waals surface area contributed by atoms with E-state index in [0.717, 1.165) is 25.3 Å². The van der Waals surface area contributed by atoms with Gasteiger partial charge in [-0.15, -0.1) is 0 Å². The monoisotopic (exact) mass is 476 g/mol. The molecule has 0 spiro atoms. The van der Waals surface area contributed by atoms with Crippen LogP contribution in [0.5, 0.6) is 11.5 Å². The molecule has 1 aliphatic carbocycles. The Morgan fingerprint density at radius 2 is 1.76 bits per heavy atom. The number of ether oxygens (including phenoxy) is 2. The summed E-state index contributed by atoms with van der Waals surface area (Å²) in [7, 11) is 0. The zero-order valence-corrected chi connectivity index (χ0v) is 20.0. The van der Waals surface area contributed by atoms with Crippen molar-refractivity contribution < 1.29 is 28.2 Å². The number of carbonyl (C=O) groups excluding carboxylic acids is 1. The molecule has 0 aromatic heterocycles. The highest BCUT2D eigenvalue weighted by atomic mass is 35.5. The summed E-state index contributed by atoms with van der Waals surface area (Å²) < 4.78 is 39.0. The first-order chi connectivity index (χ1) is 15.2. The van der Waals surface area contributed by atoms with Crippen LogP contribution in [0.15, 0.2) is 42.2 Å². The Labute approximate surface area is 197 Å². The van der Waals surface area contributed by atoms with E-state index in [-0.39, 0.29) is 33.5 Å². The number of rotatable bonds is 5. The topological polar surface area (TPSA) is 55.8 Å². The molecule has 2 aliphatic rings. The molecule has 0 saturated heterocycles. The number of benzene rings is 2. The van der Waals surface area contributed by atoms with Crippen LogP contribution in [0.25, 0.3) is 5.57 Å². The van der Waals surface area contributed by atoms with Crippen LogP contribution in [0.3, 0.4) is 0 Å². The third-order valence-corrected chi connectivity index (χ3v) is 6.36. The number of halogens is 3. The van der Waals surface area contributed by atoms with Crippen molar-refractivity contribution in [3.63, 3.8) is 0 Å². The smallest absolute Gasteiger partial charge is 0.270 e. The number of carbonyl (C=O) groups is 1. The summed E-state index contributed by atoms with van der Waals surface area (Å²) in [6.45, 7) is 7.62. The average molecular weight is 477 g/mol. The van der Waals surface area contributed by atoms with Gasteiger partial charge >= 0.3 is 0 Å². The molecule has 2 aromatic rings. The van der Waals surface area contributed by atoms with Gasteiger partial charge in [0.25, 0.3) is 5.92 Å². The molecule has 0 radical (unpaired) electrons. The Kier molecular flexibility index (Phi) is 5.61. The molecule has 1 fully saturated rings. The van der Waals surface area contributed by atoms with Crippen molar-refractivity contribution in [1.29, 1.82) is 0 Å². The SMILES string of the molecule is CC1(C)OC(C)(C)C(O)=C(c2cc(Oc3ccc(C(C)(F)F)cc3Cl)ccc2C2CC2)C1=O. The first-order valence-electron chi connectivity index (χ1n) is 10.9. The van der Waals surface area contributed by atoms with E-state index in [4.69, 9.17) is 21.1 Å². The fraction of sp³-hybridized carbons (Fsp3) is 0.423. The summed E-state index contributed by atoms with van der Waals surface area (Å²) in [5.74, 6) is -2.57. The van der Waals surface area contributed by atoms with Crippen molar-refractivity contribution in [1.82, 2.24) is 0 Å². The summed E-state index contributed by atoms with van der Waals surface area (Å²) in [6, 6.07) is 9.18. The van der Waals surface area contributed by atoms with Gasteiger partial charge in [0.1, 0.15) is 28.5 Å². The van der Waals surface area contributed by atoms with E-state index in [2.05, 4.69) is 0 Å². The summed E-state index contributed by atoms with van der Waals surface area (Å²) in [5.41, 5.74) is -0.609. The highest BCUT2D eigenvalue weighted by molar-refractivity contribution is 6.32. The summed E-state index contributed by atoms with van der Waals surface area (Å²) in [6.07, 6.45) is 1.99. The molecular formula is C26H27ClF2O4. The highest BCUT2D eigenvalue weighted by Gasteiger charge is 2.48. The van der Waals surface area contributed by atoms with E-state index in [0.29, 0.717) is 17.2 Å². The summed E-state index contributed by atoms with van der Waals surface area (Å²) >= 11 is 6.21. The number of aliphatic hydroxyl groups excluding tert-OH is 1. The highest BCUT2D eigenvalue weighted by Crippen LogP contribution is 2.48. The number of alkyl halides is 2. The molecule has 7 heteroatoms. The van der Waals surface area contributed by atoms with E-state index in [1.807, 2.05) is 6.07 Å². The lowest BCUT2D eigenvalue weighted by Gasteiger charge is -2.40. The number of aliphatic hydroxyl groups is 1. The average Bonchev–Trinajstić information content (AvgIpc) is 3.52. The Balaban J connectivity index is 1.79. The zero-order valence-electron chi connectivity index (χ0n) is 19.3. The molecule has 0 atom stereocenters. The molecule has 1 saturated carbocycles. The molecule has 0 amide bonds. The van der Waals surface area contributed by atoms with Crippen LogP contribution in [0.4, 0.5) is 8.78 Å². The van der Waals surface area contributed by atoms with Crippen molar-refractivity contribution in [3.05, 3.63) is 63.9 Å². The van der Waals surface area contributed by atoms with Crippen LogP contribution in [0.1, 0.15) is 70.1 Å². The van der Waals surface area contributed by atoms with Crippen LogP contribution in [-0.2, 0) is 15.5 Å². The lowest BCUT2D eigenvalue weighted by molar-refractivity contribution is -0.158. The van der Waals surface area contributed by atoms with Crippen LogP contribution in [0.2, 0.25) is 5.02 Å². The summed E-state index contributed by atoms with van der Waals surface area (Å²) in [4.78, 5) is 13.3. The van der Waals surface area contributed by atoms with E-state index in [9.17, 15) is 18.7 Å². The van der Waals surface area contributed by atoms with Crippen LogP contribution in [0, 0.1) is 0 Å². The molecule has 4 rings (SSSR count). The second kappa shape index (κ2) is 7.81. The van der Waals surface area contributed by atoms with Crippen LogP contribution >= 0.6 is 11.6 Å². The van der Waals surface area contributed by atoms with Gasteiger partial charge in [-0.05, 0) is 87.9 Å². The van der Waals surface area contributed by atoms with Crippen molar-refractivity contribution in [3.8, 4) is 11.5 Å². The molecule has 4 nitrogen and oxygen atoms in total. The van der Waals surface area contributed by atoms with E-state index in [1.54, 1.807) is 39.8 Å². The Bertz CT molecular complexity index is 1160. The van der Waals surface area contributed by atoms with Crippen LogP contribution in [-0.4, -0.2) is 22.1 Å². The van der Waals surface area contributed by atoms with E-state index < -0.39 is 17.1 Å². The van der Waals surface area contributed by atoms with Crippen molar-refractivity contribution >= 4 is 23.0 Å². The Morgan fingerprint density at radius 3 is 2.33 bits per heavy atom. The Hall–Kier alpha value is -2.44. The fourth-order valence-electron chi connectivity index (χ4n) is 4.24. The van der Waals surface area contributed by atoms with Gasteiger partial charge in [-0.3, -0.25) is 4.79 Å². The van der Waals surface area contributed by atoms with Crippen molar-refractivity contribution in [2.24, 2.45) is 0 Å². The Morgan fingerprint density at radius 1 is 1.09 bits per heavy atom. The van der Waals surface area contributed by atoms with Gasteiger partial charge in [0.2, 0.25) is 0 Å². The van der Waals surface area contributed by atoms with E-state index >= 15 is 0 Å². The predicted molar refractivity (Wildman–Crippen MR) is 123 cm³/mol. The maximum absolute atomic E-state index is 13.6. The third-order valence-electron chi connectivity index (χ3n) is 6.07. The van der Waals surface area contributed by atoms with Gasteiger partial charge in [0.05, 0.1) is 10.6 Å². The zero-order chi connectivity index (χ0) is 24.3. The van der Waals surface area contributed by atoms with Gasteiger partial charge in [-0.2, -0.15) is 0 Å². The van der Waals surface area contributed by atoms with Gasteiger partial charge in [0, 0.05) is 12.5 Å². The number of hydrogen-bond acceptors (Lipinski definition) is 4. The second-order valence-electron chi connectivity index (χ2n) is 9.83.